The van der Waals surface area contributed by atoms with Gasteiger partial charge in [-0.2, -0.15) is 0 Å². The van der Waals surface area contributed by atoms with Gasteiger partial charge in [-0.05, 0) is 36.8 Å². The van der Waals surface area contributed by atoms with Gasteiger partial charge in [0.2, 0.25) is 0 Å². The van der Waals surface area contributed by atoms with Crippen LogP contribution in [0.25, 0.3) is 0 Å². The number of hydrogen-bond donors (Lipinski definition) is 2. The fraction of sp³-hybridized carbons (Fsp3) is 0.556. The normalized spacial score (nSPS) is 13.2. The van der Waals surface area contributed by atoms with Crippen molar-refractivity contribution < 1.29 is 0 Å². The fourth-order valence-electron chi connectivity index (χ4n) is 1.31. The Bertz CT molecular complexity index is 250. The number of hydrogen-bond acceptors (Lipinski definition) is 3. The maximum Gasteiger partial charge on any atom is 0.0556 e. The minimum atomic E-state index is 0.263. The van der Waals surface area contributed by atoms with Gasteiger partial charge in [-0.1, -0.05) is 0 Å². The van der Waals surface area contributed by atoms with E-state index in [1.807, 2.05) is 0 Å². The Hall–Kier alpha value is -0.0900. The van der Waals surface area contributed by atoms with Gasteiger partial charge in [0.15, 0.2) is 0 Å². The van der Waals surface area contributed by atoms with Gasteiger partial charge in [-0.25, -0.2) is 0 Å². The first kappa shape index (κ1) is 11.0. The second kappa shape index (κ2) is 5.60. The standard InChI is InChI=1S/C9H15ClN2S/c1-7-4-6-13-9(7)8(12-11)3-2-5-10/h4,6,8,12H,2-3,5,11H2,1H3. The molecular formula is C9H15ClN2S. The summed E-state index contributed by atoms with van der Waals surface area (Å²) in [4.78, 5) is 1.33. The van der Waals surface area contributed by atoms with Crippen molar-refractivity contribution >= 4 is 22.9 Å². The van der Waals surface area contributed by atoms with Gasteiger partial charge in [-0.3, -0.25) is 11.3 Å². The zero-order valence-electron chi connectivity index (χ0n) is 7.72. The number of rotatable bonds is 5. The van der Waals surface area contributed by atoms with Crippen LogP contribution >= 0.6 is 22.9 Å². The van der Waals surface area contributed by atoms with E-state index < -0.39 is 0 Å². The first-order chi connectivity index (χ1) is 6.29. The Morgan fingerprint density at radius 3 is 2.92 bits per heavy atom. The van der Waals surface area contributed by atoms with Gasteiger partial charge in [-0.15, -0.1) is 22.9 Å². The molecule has 0 saturated heterocycles. The zero-order chi connectivity index (χ0) is 9.68. The molecule has 0 radical (unpaired) electrons. The van der Waals surface area contributed by atoms with Gasteiger partial charge in [0.1, 0.15) is 0 Å². The molecule has 13 heavy (non-hydrogen) atoms. The molecule has 0 amide bonds. The van der Waals surface area contributed by atoms with E-state index in [9.17, 15) is 0 Å². The smallest absolute Gasteiger partial charge is 0.0556 e. The Morgan fingerprint density at radius 1 is 1.69 bits per heavy atom. The van der Waals surface area contributed by atoms with E-state index in [2.05, 4.69) is 23.8 Å². The van der Waals surface area contributed by atoms with Gasteiger partial charge in [0.05, 0.1) is 6.04 Å². The van der Waals surface area contributed by atoms with Crippen molar-refractivity contribution in [2.75, 3.05) is 5.88 Å². The molecule has 1 heterocycles. The number of thiophene rings is 1. The van der Waals surface area contributed by atoms with E-state index >= 15 is 0 Å². The van der Waals surface area contributed by atoms with E-state index in [1.165, 1.54) is 10.4 Å². The molecule has 0 aliphatic rings. The first-order valence-corrected chi connectivity index (χ1v) is 5.77. The predicted molar refractivity (Wildman–Crippen MR) is 59.1 cm³/mol. The summed E-state index contributed by atoms with van der Waals surface area (Å²) >= 11 is 7.39. The quantitative estimate of drug-likeness (QED) is 0.453. The summed E-state index contributed by atoms with van der Waals surface area (Å²) in [5.41, 5.74) is 4.14. The van der Waals surface area contributed by atoms with Crippen LogP contribution in [0.3, 0.4) is 0 Å². The third-order valence-corrected chi connectivity index (χ3v) is 3.45. The second-order valence-corrected chi connectivity index (χ2v) is 4.34. The monoisotopic (exact) mass is 218 g/mol. The molecule has 0 spiro atoms. The predicted octanol–water partition coefficient (Wildman–Crippen LogP) is 2.58. The summed E-state index contributed by atoms with van der Waals surface area (Å²) < 4.78 is 0. The summed E-state index contributed by atoms with van der Waals surface area (Å²) in [6.07, 6.45) is 2.00. The highest BCUT2D eigenvalue weighted by Gasteiger charge is 2.12. The summed E-state index contributed by atoms with van der Waals surface area (Å²) in [5, 5.41) is 2.09. The largest absolute Gasteiger partial charge is 0.271 e. The van der Waals surface area contributed by atoms with Crippen molar-refractivity contribution in [2.45, 2.75) is 25.8 Å². The lowest BCUT2D eigenvalue weighted by Crippen LogP contribution is -2.27. The van der Waals surface area contributed by atoms with Gasteiger partial charge < -0.3 is 0 Å². The molecule has 4 heteroatoms. The van der Waals surface area contributed by atoms with Crippen molar-refractivity contribution in [3.63, 3.8) is 0 Å². The zero-order valence-corrected chi connectivity index (χ0v) is 9.29. The second-order valence-electron chi connectivity index (χ2n) is 3.02. The summed E-state index contributed by atoms with van der Waals surface area (Å²) in [6, 6.07) is 2.38. The van der Waals surface area contributed by atoms with Crippen LogP contribution in [0.4, 0.5) is 0 Å². The van der Waals surface area contributed by atoms with Crippen molar-refractivity contribution in [3.8, 4) is 0 Å². The highest BCUT2D eigenvalue weighted by atomic mass is 35.5. The van der Waals surface area contributed by atoms with E-state index in [0.29, 0.717) is 5.88 Å². The van der Waals surface area contributed by atoms with Crippen molar-refractivity contribution in [3.05, 3.63) is 21.9 Å². The molecule has 1 rings (SSSR count). The summed E-state index contributed by atoms with van der Waals surface area (Å²) in [7, 11) is 0. The molecule has 1 unspecified atom stereocenters. The third kappa shape index (κ3) is 2.95. The molecule has 0 saturated carbocycles. The van der Waals surface area contributed by atoms with Crippen LogP contribution < -0.4 is 11.3 Å². The van der Waals surface area contributed by atoms with Gasteiger partial charge in [0.25, 0.3) is 0 Å². The van der Waals surface area contributed by atoms with Gasteiger partial charge >= 0.3 is 0 Å². The van der Waals surface area contributed by atoms with E-state index in [4.69, 9.17) is 17.4 Å². The van der Waals surface area contributed by atoms with Crippen LogP contribution in [0.1, 0.15) is 29.3 Å². The van der Waals surface area contributed by atoms with Crippen molar-refractivity contribution in [1.29, 1.82) is 0 Å². The average molecular weight is 219 g/mol. The Balaban J connectivity index is 2.61. The SMILES string of the molecule is Cc1ccsc1C(CCCCl)NN. The summed E-state index contributed by atoms with van der Waals surface area (Å²) in [6.45, 7) is 2.11. The fourth-order valence-corrected chi connectivity index (χ4v) is 2.49. The summed E-state index contributed by atoms with van der Waals surface area (Å²) in [5.74, 6) is 6.18. The number of aryl methyl sites for hydroxylation is 1. The minimum Gasteiger partial charge on any atom is -0.271 e. The Morgan fingerprint density at radius 2 is 2.46 bits per heavy atom. The Kier molecular flexibility index (Phi) is 4.73. The van der Waals surface area contributed by atoms with E-state index in [-0.39, 0.29) is 6.04 Å². The molecule has 1 aromatic rings. The number of nitrogens with two attached hydrogens (primary N) is 1. The lowest BCUT2D eigenvalue weighted by molar-refractivity contribution is 0.517. The minimum absolute atomic E-state index is 0.263. The molecule has 2 nitrogen and oxygen atoms in total. The number of alkyl halides is 1. The molecule has 1 atom stereocenters. The molecule has 3 N–H and O–H groups in total. The molecule has 0 aliphatic heterocycles. The van der Waals surface area contributed by atoms with E-state index in [0.717, 1.165) is 12.8 Å². The van der Waals surface area contributed by atoms with Crippen LogP contribution in [-0.2, 0) is 0 Å². The average Bonchev–Trinajstić information content (AvgIpc) is 2.54. The Labute approximate surface area is 88.1 Å². The highest BCUT2D eigenvalue weighted by Crippen LogP contribution is 2.26. The number of halogens is 1. The molecule has 0 bridgehead atoms. The number of hydrazine groups is 1. The molecule has 0 fully saturated rings. The van der Waals surface area contributed by atoms with Crippen LogP contribution in [0.2, 0.25) is 0 Å². The molecule has 0 aliphatic carbocycles. The van der Waals surface area contributed by atoms with Crippen LogP contribution in [0.15, 0.2) is 11.4 Å². The van der Waals surface area contributed by atoms with Gasteiger partial charge in [0, 0.05) is 10.8 Å². The van der Waals surface area contributed by atoms with Crippen LogP contribution in [0.5, 0.6) is 0 Å². The molecule has 1 aromatic heterocycles. The number of nitrogens with one attached hydrogen (secondary N) is 1. The maximum atomic E-state index is 5.64. The molecule has 74 valence electrons. The first-order valence-electron chi connectivity index (χ1n) is 4.35. The van der Waals surface area contributed by atoms with Crippen LogP contribution in [0, 0.1) is 6.92 Å². The lowest BCUT2D eigenvalue weighted by Gasteiger charge is -2.14. The lowest BCUT2D eigenvalue weighted by atomic mass is 10.1. The molecule has 0 aromatic carbocycles. The van der Waals surface area contributed by atoms with Crippen LogP contribution in [-0.4, -0.2) is 5.88 Å². The van der Waals surface area contributed by atoms with Crippen molar-refractivity contribution in [1.82, 2.24) is 5.43 Å². The third-order valence-electron chi connectivity index (χ3n) is 2.05. The highest BCUT2D eigenvalue weighted by molar-refractivity contribution is 7.10. The van der Waals surface area contributed by atoms with E-state index in [1.54, 1.807) is 11.3 Å². The topological polar surface area (TPSA) is 38.0 Å². The molecular weight excluding hydrogens is 204 g/mol. The van der Waals surface area contributed by atoms with Crippen molar-refractivity contribution in [2.24, 2.45) is 5.84 Å². The maximum absolute atomic E-state index is 5.64.